The fourth-order valence-corrected chi connectivity index (χ4v) is 4.07. The minimum absolute atomic E-state index is 0.294. The summed E-state index contributed by atoms with van der Waals surface area (Å²) in [6.07, 6.45) is 3.09. The molecule has 6 nitrogen and oxygen atoms in total. The number of anilines is 2. The summed E-state index contributed by atoms with van der Waals surface area (Å²) in [7, 11) is -1.16. The Morgan fingerprint density at radius 3 is 2.94 bits per heavy atom. The number of aromatic nitrogens is 2. The second-order valence-electron chi connectivity index (χ2n) is 4.15. The number of hydrogen-bond acceptors (Lipinski definition) is 6. The molecular formula is C10H15BrN4O2S. The second-order valence-corrected chi connectivity index (χ2v) is 7.41. The Bertz CT molecular complexity index is 535. The Kier molecular flexibility index (Phi) is 4.06. The topological polar surface area (TPSA) is 84.0 Å². The van der Waals surface area contributed by atoms with Gasteiger partial charge in [0.05, 0.1) is 15.5 Å². The summed E-state index contributed by atoms with van der Waals surface area (Å²) in [5.74, 6) is 1.40. The van der Waals surface area contributed by atoms with Crippen molar-refractivity contribution in [1.82, 2.24) is 9.97 Å². The van der Waals surface area contributed by atoms with Crippen molar-refractivity contribution < 1.29 is 8.42 Å². The largest absolute Gasteiger partial charge is 0.372 e. The molecule has 2 rings (SSSR count). The molecule has 0 amide bonds. The molecule has 8 heteroatoms. The van der Waals surface area contributed by atoms with E-state index in [2.05, 4.69) is 36.5 Å². The summed E-state index contributed by atoms with van der Waals surface area (Å²) in [5, 5.41) is 5.59. The van der Waals surface area contributed by atoms with Crippen LogP contribution in [0.2, 0.25) is 0 Å². The van der Waals surface area contributed by atoms with E-state index in [0.717, 1.165) is 10.9 Å². The lowest BCUT2D eigenvalue weighted by atomic mass is 10.2. The van der Waals surface area contributed by atoms with Crippen LogP contribution in [0.4, 0.5) is 11.8 Å². The molecule has 0 aliphatic carbocycles. The Morgan fingerprint density at radius 1 is 1.56 bits per heavy atom. The zero-order valence-electron chi connectivity index (χ0n) is 9.98. The van der Waals surface area contributed by atoms with Crippen molar-refractivity contribution in [3.8, 4) is 0 Å². The van der Waals surface area contributed by atoms with E-state index in [1.165, 1.54) is 0 Å². The maximum absolute atomic E-state index is 11.7. The first-order valence-corrected chi connectivity index (χ1v) is 8.19. The number of nitrogens with one attached hydrogen (secondary N) is 2. The molecule has 0 saturated carbocycles. The van der Waals surface area contributed by atoms with Crippen molar-refractivity contribution in [2.24, 2.45) is 0 Å². The molecule has 1 aromatic rings. The van der Waals surface area contributed by atoms with Crippen LogP contribution < -0.4 is 10.6 Å². The monoisotopic (exact) mass is 334 g/mol. The van der Waals surface area contributed by atoms with Crippen LogP contribution in [0, 0.1) is 0 Å². The number of sulfone groups is 1. The molecule has 0 spiro atoms. The minimum Gasteiger partial charge on any atom is -0.372 e. The molecule has 2 heterocycles. The molecule has 1 saturated heterocycles. The second kappa shape index (κ2) is 5.40. The van der Waals surface area contributed by atoms with Crippen LogP contribution in [0.25, 0.3) is 0 Å². The van der Waals surface area contributed by atoms with Crippen molar-refractivity contribution in [3.63, 3.8) is 0 Å². The van der Waals surface area contributed by atoms with Gasteiger partial charge in [-0.25, -0.2) is 13.4 Å². The highest BCUT2D eigenvalue weighted by Gasteiger charge is 2.30. The van der Waals surface area contributed by atoms with E-state index >= 15 is 0 Å². The van der Waals surface area contributed by atoms with Gasteiger partial charge < -0.3 is 10.6 Å². The SMILES string of the molecule is CNc1nc(NC[C@@H]2CCCS2(=O)=O)ncc1Br. The molecule has 1 fully saturated rings. The number of hydrogen-bond donors (Lipinski definition) is 2. The first kappa shape index (κ1) is 13.5. The van der Waals surface area contributed by atoms with Crippen LogP contribution >= 0.6 is 15.9 Å². The Balaban J connectivity index is 2.02. The zero-order valence-corrected chi connectivity index (χ0v) is 12.4. The van der Waals surface area contributed by atoms with Gasteiger partial charge in [-0.15, -0.1) is 0 Å². The van der Waals surface area contributed by atoms with Gasteiger partial charge in [0.2, 0.25) is 5.95 Å². The van der Waals surface area contributed by atoms with Crippen LogP contribution in [-0.4, -0.2) is 43.0 Å². The van der Waals surface area contributed by atoms with E-state index in [1.807, 2.05) is 0 Å². The lowest BCUT2D eigenvalue weighted by Crippen LogP contribution is -2.25. The Labute approximate surface area is 115 Å². The fraction of sp³-hybridized carbons (Fsp3) is 0.600. The van der Waals surface area contributed by atoms with E-state index in [-0.39, 0.29) is 5.25 Å². The minimum atomic E-state index is -2.92. The maximum Gasteiger partial charge on any atom is 0.224 e. The first-order valence-electron chi connectivity index (χ1n) is 5.68. The quantitative estimate of drug-likeness (QED) is 0.862. The number of rotatable bonds is 4. The van der Waals surface area contributed by atoms with E-state index in [1.54, 1.807) is 13.2 Å². The molecule has 1 aliphatic rings. The van der Waals surface area contributed by atoms with Gasteiger partial charge in [-0.2, -0.15) is 4.98 Å². The first-order chi connectivity index (χ1) is 8.53. The lowest BCUT2D eigenvalue weighted by Gasteiger charge is -2.11. The van der Waals surface area contributed by atoms with E-state index in [9.17, 15) is 8.42 Å². The van der Waals surface area contributed by atoms with Crippen molar-refractivity contribution in [2.75, 3.05) is 30.0 Å². The molecule has 2 N–H and O–H groups in total. The Morgan fingerprint density at radius 2 is 2.33 bits per heavy atom. The molecule has 0 radical (unpaired) electrons. The fourth-order valence-electron chi connectivity index (χ4n) is 1.92. The van der Waals surface area contributed by atoms with Crippen LogP contribution in [0.15, 0.2) is 10.7 Å². The summed E-state index contributed by atoms with van der Waals surface area (Å²) >= 11 is 3.31. The van der Waals surface area contributed by atoms with Gasteiger partial charge in [-0.05, 0) is 28.8 Å². The molecule has 0 unspecified atom stereocenters. The summed E-state index contributed by atoms with van der Waals surface area (Å²) in [6.45, 7) is 0.368. The molecule has 1 aliphatic heterocycles. The third-order valence-corrected chi connectivity index (χ3v) is 5.79. The van der Waals surface area contributed by atoms with Gasteiger partial charge in [0.1, 0.15) is 5.82 Å². The lowest BCUT2D eigenvalue weighted by molar-refractivity contribution is 0.591. The number of halogens is 1. The number of nitrogens with zero attached hydrogens (tertiary/aromatic N) is 2. The van der Waals surface area contributed by atoms with Crippen LogP contribution in [-0.2, 0) is 9.84 Å². The summed E-state index contributed by atoms with van der Waals surface area (Å²) in [6, 6.07) is 0. The standard InChI is InChI=1S/C10H15BrN4O2S/c1-12-9-8(11)6-14-10(15-9)13-5-7-3-2-4-18(7,16)17/h6-7H,2-5H2,1H3,(H2,12,13,14,15)/t7-/m0/s1. The average molecular weight is 335 g/mol. The van der Waals surface area contributed by atoms with Gasteiger partial charge in [0.25, 0.3) is 0 Å². The van der Waals surface area contributed by atoms with Crippen LogP contribution in [0.1, 0.15) is 12.8 Å². The molecule has 1 aromatic heterocycles. The molecule has 1 atom stereocenters. The van der Waals surface area contributed by atoms with Gasteiger partial charge in [0.15, 0.2) is 9.84 Å². The molecule has 18 heavy (non-hydrogen) atoms. The van der Waals surface area contributed by atoms with Crippen molar-refractivity contribution >= 4 is 37.5 Å². The smallest absolute Gasteiger partial charge is 0.224 e. The maximum atomic E-state index is 11.7. The summed E-state index contributed by atoms with van der Waals surface area (Å²) in [4.78, 5) is 8.32. The highest BCUT2D eigenvalue weighted by molar-refractivity contribution is 9.10. The van der Waals surface area contributed by atoms with Crippen molar-refractivity contribution in [3.05, 3.63) is 10.7 Å². The van der Waals surface area contributed by atoms with E-state index < -0.39 is 9.84 Å². The van der Waals surface area contributed by atoms with Crippen LogP contribution in [0.5, 0.6) is 0 Å². The van der Waals surface area contributed by atoms with Crippen molar-refractivity contribution in [2.45, 2.75) is 18.1 Å². The van der Waals surface area contributed by atoms with Crippen LogP contribution in [0.3, 0.4) is 0 Å². The highest BCUT2D eigenvalue weighted by atomic mass is 79.9. The molecule has 0 bridgehead atoms. The van der Waals surface area contributed by atoms with E-state index in [4.69, 9.17) is 0 Å². The Hall–Kier alpha value is -0.890. The van der Waals surface area contributed by atoms with E-state index in [0.29, 0.717) is 30.5 Å². The molecule has 100 valence electrons. The third-order valence-electron chi connectivity index (χ3n) is 2.93. The van der Waals surface area contributed by atoms with Gasteiger partial charge in [-0.1, -0.05) is 0 Å². The highest BCUT2D eigenvalue weighted by Crippen LogP contribution is 2.22. The van der Waals surface area contributed by atoms with Gasteiger partial charge in [0, 0.05) is 19.8 Å². The molecular weight excluding hydrogens is 320 g/mol. The molecule has 0 aromatic carbocycles. The normalized spacial score (nSPS) is 21.8. The summed E-state index contributed by atoms with van der Waals surface area (Å²) in [5.41, 5.74) is 0. The third kappa shape index (κ3) is 2.92. The van der Waals surface area contributed by atoms with Crippen molar-refractivity contribution in [1.29, 1.82) is 0 Å². The average Bonchev–Trinajstić information content (AvgIpc) is 2.67. The predicted molar refractivity (Wildman–Crippen MR) is 74.6 cm³/mol. The predicted octanol–water partition coefficient (Wildman–Crippen LogP) is 1.27. The zero-order chi connectivity index (χ0) is 13.2. The van der Waals surface area contributed by atoms with Gasteiger partial charge in [-0.3, -0.25) is 0 Å². The van der Waals surface area contributed by atoms with Gasteiger partial charge >= 0.3 is 0 Å². The summed E-state index contributed by atoms with van der Waals surface area (Å²) < 4.78 is 24.1.